The second kappa shape index (κ2) is 8.99. The van der Waals surface area contributed by atoms with Gasteiger partial charge in [-0.25, -0.2) is 0 Å². The van der Waals surface area contributed by atoms with Crippen LogP contribution in [0.15, 0.2) is 41.1 Å². The summed E-state index contributed by atoms with van der Waals surface area (Å²) in [4.78, 5) is 28.5. The number of likely N-dealkylation sites (tertiary alicyclic amines) is 1. The van der Waals surface area contributed by atoms with Crippen molar-refractivity contribution in [1.29, 1.82) is 0 Å². The van der Waals surface area contributed by atoms with E-state index in [1.165, 1.54) is 12.0 Å². The van der Waals surface area contributed by atoms with Crippen molar-refractivity contribution in [2.75, 3.05) is 13.7 Å². The maximum Gasteiger partial charge on any atom is 0.258 e. The van der Waals surface area contributed by atoms with Crippen LogP contribution in [0.4, 0.5) is 0 Å². The first-order valence-corrected chi connectivity index (χ1v) is 11.4. The van der Waals surface area contributed by atoms with Crippen LogP contribution in [0.3, 0.4) is 0 Å². The van der Waals surface area contributed by atoms with Crippen LogP contribution in [0, 0.1) is 5.92 Å². The highest BCUT2D eigenvalue weighted by atomic mass is 32.1. The molecule has 0 bridgehead atoms. The summed E-state index contributed by atoms with van der Waals surface area (Å²) in [6.07, 6.45) is 5.95. The van der Waals surface area contributed by atoms with Crippen LogP contribution in [0.5, 0.6) is 5.75 Å². The van der Waals surface area contributed by atoms with Gasteiger partial charge in [-0.1, -0.05) is 25.0 Å². The summed E-state index contributed by atoms with van der Waals surface area (Å²) in [6.45, 7) is 0.595. The molecule has 2 fully saturated rings. The summed E-state index contributed by atoms with van der Waals surface area (Å²) in [5.41, 5.74) is 1.77. The molecule has 3 atom stereocenters. The molecule has 2 amide bonds. The Labute approximate surface area is 176 Å². The molecule has 29 heavy (non-hydrogen) atoms. The second-order valence-electron chi connectivity index (χ2n) is 7.95. The maximum absolute atomic E-state index is 13.5. The first kappa shape index (κ1) is 20.0. The number of para-hydroxylation sites is 1. The fourth-order valence-electron chi connectivity index (χ4n) is 4.83. The number of hydrogen-bond acceptors (Lipinski definition) is 4. The zero-order chi connectivity index (χ0) is 20.2. The van der Waals surface area contributed by atoms with E-state index in [2.05, 4.69) is 16.8 Å². The Balaban J connectivity index is 1.52. The van der Waals surface area contributed by atoms with Crippen molar-refractivity contribution in [1.82, 2.24) is 10.2 Å². The SMILES string of the molecule is COc1ccccc1C(=O)N1C(C(=O)NCCc2ccsc2)CC2CCCCC21. The molecule has 6 heteroatoms. The third-order valence-electron chi connectivity index (χ3n) is 6.26. The number of hydrogen-bond donors (Lipinski definition) is 1. The highest BCUT2D eigenvalue weighted by Crippen LogP contribution is 2.41. The van der Waals surface area contributed by atoms with Crippen LogP contribution in [0.1, 0.15) is 48.0 Å². The predicted molar refractivity (Wildman–Crippen MR) is 114 cm³/mol. The largest absolute Gasteiger partial charge is 0.496 e. The van der Waals surface area contributed by atoms with Crippen LogP contribution in [0.25, 0.3) is 0 Å². The molecular formula is C23H28N2O3S. The number of nitrogens with zero attached hydrogens (tertiary/aromatic N) is 1. The van der Waals surface area contributed by atoms with Gasteiger partial charge in [0, 0.05) is 12.6 Å². The highest BCUT2D eigenvalue weighted by molar-refractivity contribution is 7.07. The first-order chi connectivity index (χ1) is 14.2. The molecule has 0 spiro atoms. The highest BCUT2D eigenvalue weighted by Gasteiger charge is 2.47. The lowest BCUT2D eigenvalue weighted by molar-refractivity contribution is -0.125. The van der Waals surface area contributed by atoms with Crippen molar-refractivity contribution in [3.63, 3.8) is 0 Å². The molecule has 1 aliphatic carbocycles. The third-order valence-corrected chi connectivity index (χ3v) is 6.99. The number of benzene rings is 1. The molecule has 1 aromatic heterocycles. The fraction of sp³-hybridized carbons (Fsp3) is 0.478. The minimum Gasteiger partial charge on any atom is -0.496 e. The van der Waals surface area contributed by atoms with Crippen molar-refractivity contribution in [2.24, 2.45) is 5.92 Å². The van der Waals surface area contributed by atoms with Gasteiger partial charge >= 0.3 is 0 Å². The van der Waals surface area contributed by atoms with Crippen LogP contribution < -0.4 is 10.1 Å². The van der Waals surface area contributed by atoms with E-state index in [1.807, 2.05) is 22.4 Å². The monoisotopic (exact) mass is 412 g/mol. The molecule has 1 aliphatic heterocycles. The van der Waals surface area contributed by atoms with E-state index < -0.39 is 6.04 Å². The fourth-order valence-corrected chi connectivity index (χ4v) is 5.53. The Morgan fingerprint density at radius 3 is 2.83 bits per heavy atom. The topological polar surface area (TPSA) is 58.6 Å². The molecular weight excluding hydrogens is 384 g/mol. The summed E-state index contributed by atoms with van der Waals surface area (Å²) < 4.78 is 5.42. The minimum absolute atomic E-state index is 0.0297. The summed E-state index contributed by atoms with van der Waals surface area (Å²) in [5.74, 6) is 0.858. The molecule has 154 valence electrons. The van der Waals surface area contributed by atoms with Gasteiger partial charge in [0.2, 0.25) is 5.91 Å². The molecule has 4 rings (SSSR count). The summed E-state index contributed by atoms with van der Waals surface area (Å²) in [5, 5.41) is 7.23. The van der Waals surface area contributed by atoms with Crippen LogP contribution in [0.2, 0.25) is 0 Å². The van der Waals surface area contributed by atoms with Crippen molar-refractivity contribution in [3.05, 3.63) is 52.2 Å². The molecule has 3 unspecified atom stereocenters. The normalized spacial score (nSPS) is 23.5. The molecule has 1 aromatic carbocycles. The number of rotatable bonds is 6. The molecule has 2 aromatic rings. The summed E-state index contributed by atoms with van der Waals surface area (Å²) >= 11 is 1.67. The van der Waals surface area contributed by atoms with Crippen LogP contribution >= 0.6 is 11.3 Å². The number of methoxy groups -OCH3 is 1. The van der Waals surface area contributed by atoms with Crippen LogP contribution in [-0.4, -0.2) is 42.5 Å². The van der Waals surface area contributed by atoms with E-state index in [4.69, 9.17) is 4.74 Å². The smallest absolute Gasteiger partial charge is 0.258 e. The van der Waals surface area contributed by atoms with Gasteiger partial charge in [0.1, 0.15) is 11.8 Å². The third kappa shape index (κ3) is 4.17. The first-order valence-electron chi connectivity index (χ1n) is 10.4. The molecule has 1 N–H and O–H groups in total. The Hall–Kier alpha value is -2.34. The number of thiophene rings is 1. The Kier molecular flexibility index (Phi) is 6.19. The average molecular weight is 413 g/mol. The van der Waals surface area contributed by atoms with Gasteiger partial charge < -0.3 is 15.0 Å². The van der Waals surface area contributed by atoms with Gasteiger partial charge in [0.25, 0.3) is 5.91 Å². The lowest BCUT2D eigenvalue weighted by Gasteiger charge is -2.34. The number of carbonyl (C=O) groups is 2. The standard InChI is InChI=1S/C23H28N2O3S/c1-28-21-9-5-3-7-18(21)23(27)25-19-8-4-2-6-17(19)14-20(25)22(26)24-12-10-16-11-13-29-15-16/h3,5,7,9,11,13,15,17,19-20H,2,4,6,8,10,12,14H2,1H3,(H,24,26). The van der Waals surface area contributed by atoms with Gasteiger partial charge in [0.15, 0.2) is 0 Å². The molecule has 1 saturated carbocycles. The number of nitrogens with one attached hydrogen (secondary N) is 1. The van der Waals surface area contributed by atoms with E-state index in [0.717, 1.165) is 32.1 Å². The van der Waals surface area contributed by atoms with E-state index in [1.54, 1.807) is 30.6 Å². The lowest BCUT2D eigenvalue weighted by atomic mass is 9.84. The van der Waals surface area contributed by atoms with Crippen molar-refractivity contribution in [3.8, 4) is 5.75 Å². The Morgan fingerprint density at radius 2 is 2.03 bits per heavy atom. The van der Waals surface area contributed by atoms with Gasteiger partial charge in [-0.05, 0) is 66.1 Å². The quantitative estimate of drug-likeness (QED) is 0.783. The summed E-state index contributed by atoms with van der Waals surface area (Å²) in [7, 11) is 1.58. The van der Waals surface area contributed by atoms with Crippen molar-refractivity contribution < 1.29 is 14.3 Å². The van der Waals surface area contributed by atoms with E-state index in [9.17, 15) is 9.59 Å². The van der Waals surface area contributed by atoms with Gasteiger partial charge in [0.05, 0.1) is 12.7 Å². The van der Waals surface area contributed by atoms with E-state index >= 15 is 0 Å². The Bertz CT molecular complexity index is 852. The number of fused-ring (bicyclic) bond motifs is 1. The van der Waals surface area contributed by atoms with Crippen molar-refractivity contribution >= 4 is 23.2 Å². The van der Waals surface area contributed by atoms with Gasteiger partial charge in [-0.15, -0.1) is 0 Å². The lowest BCUT2D eigenvalue weighted by Crippen LogP contribution is -2.49. The minimum atomic E-state index is -0.400. The number of ether oxygens (including phenoxy) is 1. The van der Waals surface area contributed by atoms with E-state index in [0.29, 0.717) is 23.8 Å². The predicted octanol–water partition coefficient (Wildman–Crippen LogP) is 3.89. The van der Waals surface area contributed by atoms with Gasteiger partial charge in [-0.2, -0.15) is 11.3 Å². The molecule has 2 heterocycles. The number of carbonyl (C=O) groups excluding carboxylic acids is 2. The second-order valence-corrected chi connectivity index (χ2v) is 8.73. The number of amides is 2. The molecule has 0 radical (unpaired) electrons. The van der Waals surface area contributed by atoms with Gasteiger partial charge in [-0.3, -0.25) is 9.59 Å². The zero-order valence-corrected chi connectivity index (χ0v) is 17.6. The average Bonchev–Trinajstić information content (AvgIpc) is 3.41. The molecule has 5 nitrogen and oxygen atoms in total. The maximum atomic E-state index is 13.5. The zero-order valence-electron chi connectivity index (χ0n) is 16.8. The van der Waals surface area contributed by atoms with Crippen molar-refractivity contribution in [2.45, 2.75) is 50.6 Å². The molecule has 2 aliphatic rings. The summed E-state index contributed by atoms with van der Waals surface area (Å²) in [6, 6.07) is 9.13. The van der Waals surface area contributed by atoms with E-state index in [-0.39, 0.29) is 17.9 Å². The molecule has 1 saturated heterocycles. The van der Waals surface area contributed by atoms with Crippen LogP contribution in [-0.2, 0) is 11.2 Å². The Morgan fingerprint density at radius 1 is 1.21 bits per heavy atom.